The summed E-state index contributed by atoms with van der Waals surface area (Å²) >= 11 is 5.16. The average Bonchev–Trinajstić information content (AvgIpc) is 2.49. The fraction of sp³-hybridized carbons (Fsp3) is 0.200. The predicted octanol–water partition coefficient (Wildman–Crippen LogP) is 2.35. The molecule has 1 heterocycles. The molecule has 1 aromatic heterocycles. The van der Waals surface area contributed by atoms with Crippen LogP contribution in [0.2, 0.25) is 0 Å². The number of aromatic nitrogens is 1. The Bertz CT molecular complexity index is 604. The SMILES string of the molecule is Cc1ccc(NC(=S)NCCNc2cccc[nH+]2)cc1F. The van der Waals surface area contributed by atoms with E-state index in [1.54, 1.807) is 19.1 Å². The van der Waals surface area contributed by atoms with Crippen LogP contribution >= 0.6 is 12.2 Å². The molecule has 0 unspecified atom stereocenters. The van der Waals surface area contributed by atoms with Gasteiger partial charge in [0.25, 0.3) is 5.82 Å². The van der Waals surface area contributed by atoms with Crippen molar-refractivity contribution in [2.45, 2.75) is 6.92 Å². The number of halogens is 1. The lowest BCUT2D eigenvalue weighted by atomic mass is 10.2. The number of hydrogen-bond acceptors (Lipinski definition) is 2. The average molecular weight is 305 g/mol. The normalized spacial score (nSPS) is 10.0. The highest BCUT2D eigenvalue weighted by molar-refractivity contribution is 7.80. The van der Waals surface area contributed by atoms with Crippen LogP contribution < -0.4 is 20.9 Å². The van der Waals surface area contributed by atoms with Crippen LogP contribution in [-0.4, -0.2) is 18.2 Å². The molecule has 6 heteroatoms. The summed E-state index contributed by atoms with van der Waals surface area (Å²) in [6, 6.07) is 10.8. The van der Waals surface area contributed by atoms with Gasteiger partial charge in [0.15, 0.2) is 5.11 Å². The number of aryl methyl sites for hydroxylation is 1. The Hall–Kier alpha value is -2.21. The molecule has 21 heavy (non-hydrogen) atoms. The van der Waals surface area contributed by atoms with Crippen molar-refractivity contribution in [2.24, 2.45) is 0 Å². The maximum absolute atomic E-state index is 13.4. The number of H-pyrrole nitrogens is 1. The van der Waals surface area contributed by atoms with Gasteiger partial charge < -0.3 is 10.6 Å². The summed E-state index contributed by atoms with van der Waals surface area (Å²) in [5.74, 6) is 0.697. The van der Waals surface area contributed by atoms with E-state index in [4.69, 9.17) is 12.2 Å². The molecule has 0 aliphatic rings. The zero-order valence-corrected chi connectivity index (χ0v) is 12.6. The molecule has 0 radical (unpaired) electrons. The number of nitrogens with one attached hydrogen (secondary N) is 4. The zero-order chi connectivity index (χ0) is 15.1. The standard InChI is InChI=1S/C15H17FN4S/c1-11-5-6-12(10-13(11)16)20-15(21)19-9-8-18-14-4-2-3-7-17-14/h2-7,10H,8-9H2,1H3,(H,17,18)(H2,19,20,21)/p+1. The van der Waals surface area contributed by atoms with Gasteiger partial charge in [-0.2, -0.15) is 0 Å². The van der Waals surface area contributed by atoms with Gasteiger partial charge in [0.2, 0.25) is 0 Å². The van der Waals surface area contributed by atoms with Crippen LogP contribution in [0.4, 0.5) is 15.9 Å². The summed E-state index contributed by atoms with van der Waals surface area (Å²) in [6.45, 7) is 3.09. The summed E-state index contributed by atoms with van der Waals surface area (Å²) < 4.78 is 13.4. The van der Waals surface area contributed by atoms with Crippen molar-refractivity contribution in [2.75, 3.05) is 23.7 Å². The molecule has 1 aromatic carbocycles. The lowest BCUT2D eigenvalue weighted by Crippen LogP contribution is -2.33. The highest BCUT2D eigenvalue weighted by atomic mass is 32.1. The molecule has 0 spiro atoms. The highest BCUT2D eigenvalue weighted by Crippen LogP contribution is 2.13. The van der Waals surface area contributed by atoms with Crippen molar-refractivity contribution in [3.05, 3.63) is 54.0 Å². The van der Waals surface area contributed by atoms with Gasteiger partial charge in [0.05, 0.1) is 12.7 Å². The van der Waals surface area contributed by atoms with Crippen LogP contribution in [0.1, 0.15) is 5.56 Å². The van der Waals surface area contributed by atoms with E-state index in [9.17, 15) is 4.39 Å². The summed E-state index contributed by atoms with van der Waals surface area (Å²) in [7, 11) is 0. The smallest absolute Gasteiger partial charge is 0.272 e. The summed E-state index contributed by atoms with van der Waals surface area (Å²) in [6.07, 6.45) is 1.86. The first-order valence-corrected chi connectivity index (χ1v) is 7.07. The van der Waals surface area contributed by atoms with Gasteiger partial charge in [-0.05, 0) is 42.9 Å². The number of anilines is 2. The van der Waals surface area contributed by atoms with Crippen LogP contribution in [0.5, 0.6) is 0 Å². The molecule has 0 saturated heterocycles. The molecule has 0 bridgehead atoms. The predicted molar refractivity (Wildman–Crippen MR) is 86.8 cm³/mol. The van der Waals surface area contributed by atoms with Crippen LogP contribution in [0.3, 0.4) is 0 Å². The molecule has 0 aliphatic heterocycles. The molecule has 2 rings (SSSR count). The molecule has 0 aliphatic carbocycles. The largest absolute Gasteiger partial charge is 0.359 e. The molecule has 2 aromatic rings. The first kappa shape index (κ1) is 15.2. The van der Waals surface area contributed by atoms with E-state index in [0.29, 0.717) is 29.5 Å². The van der Waals surface area contributed by atoms with Crippen molar-refractivity contribution in [3.8, 4) is 0 Å². The van der Waals surface area contributed by atoms with E-state index in [-0.39, 0.29) is 5.82 Å². The minimum absolute atomic E-state index is 0.246. The van der Waals surface area contributed by atoms with Gasteiger partial charge in [-0.1, -0.05) is 12.1 Å². The Kier molecular flexibility index (Phi) is 5.45. The van der Waals surface area contributed by atoms with Crippen LogP contribution in [-0.2, 0) is 0 Å². The lowest BCUT2D eigenvalue weighted by molar-refractivity contribution is -0.361. The van der Waals surface area contributed by atoms with E-state index < -0.39 is 0 Å². The van der Waals surface area contributed by atoms with Crippen molar-refractivity contribution in [1.29, 1.82) is 0 Å². The fourth-order valence-corrected chi connectivity index (χ4v) is 1.94. The Morgan fingerprint density at radius 3 is 2.81 bits per heavy atom. The maximum atomic E-state index is 13.4. The minimum atomic E-state index is -0.246. The van der Waals surface area contributed by atoms with E-state index >= 15 is 0 Å². The van der Waals surface area contributed by atoms with E-state index in [0.717, 1.165) is 5.82 Å². The second-order valence-electron chi connectivity index (χ2n) is 4.55. The lowest BCUT2D eigenvalue weighted by Gasteiger charge is -2.10. The van der Waals surface area contributed by atoms with Gasteiger partial charge in [-0.3, -0.25) is 5.32 Å². The third-order valence-electron chi connectivity index (χ3n) is 2.86. The second-order valence-corrected chi connectivity index (χ2v) is 4.96. The number of rotatable bonds is 5. The maximum Gasteiger partial charge on any atom is 0.272 e. The first-order valence-electron chi connectivity index (χ1n) is 6.67. The Labute approximate surface area is 128 Å². The van der Waals surface area contributed by atoms with Crippen molar-refractivity contribution in [1.82, 2.24) is 5.32 Å². The van der Waals surface area contributed by atoms with Crippen LogP contribution in [0.15, 0.2) is 42.6 Å². The van der Waals surface area contributed by atoms with E-state index in [2.05, 4.69) is 20.9 Å². The van der Waals surface area contributed by atoms with Crippen molar-refractivity contribution < 1.29 is 9.37 Å². The van der Waals surface area contributed by atoms with Gasteiger partial charge >= 0.3 is 0 Å². The van der Waals surface area contributed by atoms with Crippen molar-refractivity contribution >= 4 is 28.8 Å². The molecule has 0 saturated carbocycles. The van der Waals surface area contributed by atoms with E-state index in [1.165, 1.54) is 6.07 Å². The molecule has 4 N–H and O–H groups in total. The van der Waals surface area contributed by atoms with Crippen molar-refractivity contribution in [3.63, 3.8) is 0 Å². The van der Waals surface area contributed by atoms with Gasteiger partial charge in [-0.15, -0.1) is 0 Å². The third-order valence-corrected chi connectivity index (χ3v) is 3.11. The Morgan fingerprint density at radius 2 is 2.10 bits per heavy atom. The summed E-state index contributed by atoms with van der Waals surface area (Å²) in [5, 5.41) is 9.69. The molecule has 0 fully saturated rings. The zero-order valence-electron chi connectivity index (χ0n) is 11.7. The molecule has 0 amide bonds. The van der Waals surface area contributed by atoms with Crippen LogP contribution in [0.25, 0.3) is 0 Å². The topological polar surface area (TPSA) is 50.2 Å². The molecule has 0 atom stereocenters. The second kappa shape index (κ2) is 7.54. The fourth-order valence-electron chi connectivity index (χ4n) is 1.72. The highest BCUT2D eigenvalue weighted by Gasteiger charge is 2.02. The first-order chi connectivity index (χ1) is 10.1. The van der Waals surface area contributed by atoms with Crippen LogP contribution in [0, 0.1) is 12.7 Å². The summed E-state index contributed by atoms with van der Waals surface area (Å²) in [5.41, 5.74) is 1.25. The van der Waals surface area contributed by atoms with Gasteiger partial charge in [-0.25, -0.2) is 9.37 Å². The number of aromatic amines is 1. The Balaban J connectivity index is 1.71. The number of pyridine rings is 1. The summed E-state index contributed by atoms with van der Waals surface area (Å²) in [4.78, 5) is 3.08. The molecular weight excluding hydrogens is 287 g/mol. The minimum Gasteiger partial charge on any atom is -0.359 e. The molecule has 110 valence electrons. The Morgan fingerprint density at radius 1 is 1.24 bits per heavy atom. The monoisotopic (exact) mass is 305 g/mol. The molecule has 4 nitrogen and oxygen atoms in total. The number of thiocarbonyl (C=S) groups is 1. The third kappa shape index (κ3) is 5.00. The van der Waals surface area contributed by atoms with Gasteiger partial charge in [0, 0.05) is 11.8 Å². The quantitative estimate of drug-likeness (QED) is 0.586. The van der Waals surface area contributed by atoms with Gasteiger partial charge in [0.1, 0.15) is 12.4 Å². The molecular formula is C15H18FN4S+. The number of hydrogen-bond donors (Lipinski definition) is 3. The van der Waals surface area contributed by atoms with E-state index in [1.807, 2.05) is 24.4 Å². The number of benzene rings is 1.